The van der Waals surface area contributed by atoms with E-state index >= 15 is 0 Å². The first-order chi connectivity index (χ1) is 11.6. The van der Waals surface area contributed by atoms with Crippen LogP contribution in [0.1, 0.15) is 10.5 Å². The summed E-state index contributed by atoms with van der Waals surface area (Å²) in [6, 6.07) is 14.3. The fourth-order valence-corrected chi connectivity index (χ4v) is 2.58. The number of amides is 1. The number of hydrogen-bond acceptors (Lipinski definition) is 4. The SMILES string of the molecule is COc1cc(OC)c(NC(=O)c2ccc3ccccc3n2)cc1Cl. The molecule has 0 spiro atoms. The third-order valence-electron chi connectivity index (χ3n) is 3.55. The van der Waals surface area contributed by atoms with Gasteiger partial charge in [0.2, 0.25) is 0 Å². The van der Waals surface area contributed by atoms with E-state index in [1.54, 1.807) is 18.2 Å². The van der Waals surface area contributed by atoms with E-state index in [1.807, 2.05) is 30.3 Å². The smallest absolute Gasteiger partial charge is 0.274 e. The topological polar surface area (TPSA) is 60.5 Å². The minimum Gasteiger partial charge on any atom is -0.495 e. The number of nitrogens with zero attached hydrogens (tertiary/aromatic N) is 1. The van der Waals surface area contributed by atoms with Crippen LogP contribution in [-0.2, 0) is 0 Å². The number of fused-ring (bicyclic) bond motifs is 1. The van der Waals surface area contributed by atoms with Gasteiger partial charge in [0.05, 0.1) is 30.4 Å². The molecule has 0 saturated heterocycles. The number of benzene rings is 2. The fourth-order valence-electron chi connectivity index (χ4n) is 2.34. The zero-order chi connectivity index (χ0) is 17.1. The maximum absolute atomic E-state index is 12.5. The van der Waals surface area contributed by atoms with Crippen molar-refractivity contribution in [3.8, 4) is 11.5 Å². The van der Waals surface area contributed by atoms with E-state index in [2.05, 4.69) is 10.3 Å². The number of aromatic nitrogens is 1. The van der Waals surface area contributed by atoms with E-state index in [9.17, 15) is 4.79 Å². The molecule has 1 amide bonds. The molecular weight excluding hydrogens is 328 g/mol. The van der Waals surface area contributed by atoms with Crippen molar-refractivity contribution in [2.24, 2.45) is 0 Å². The van der Waals surface area contributed by atoms with Gasteiger partial charge in [-0.2, -0.15) is 0 Å². The first kappa shape index (κ1) is 16.1. The van der Waals surface area contributed by atoms with Gasteiger partial charge >= 0.3 is 0 Å². The molecule has 0 saturated carbocycles. The molecule has 6 heteroatoms. The molecule has 1 N–H and O–H groups in total. The largest absolute Gasteiger partial charge is 0.495 e. The Bertz CT molecular complexity index is 912. The Morgan fingerprint density at radius 3 is 2.54 bits per heavy atom. The summed E-state index contributed by atoms with van der Waals surface area (Å²) >= 11 is 6.12. The van der Waals surface area contributed by atoms with Crippen LogP contribution in [0.15, 0.2) is 48.5 Å². The predicted octanol–water partition coefficient (Wildman–Crippen LogP) is 4.16. The summed E-state index contributed by atoms with van der Waals surface area (Å²) in [6.07, 6.45) is 0. The van der Waals surface area contributed by atoms with E-state index < -0.39 is 0 Å². The van der Waals surface area contributed by atoms with Gasteiger partial charge in [-0.3, -0.25) is 4.79 Å². The summed E-state index contributed by atoms with van der Waals surface area (Å²) in [4.78, 5) is 16.9. The Hall–Kier alpha value is -2.79. The molecule has 0 bridgehead atoms. The second kappa shape index (κ2) is 6.76. The molecule has 0 aliphatic heterocycles. The van der Waals surface area contributed by atoms with E-state index in [0.29, 0.717) is 27.9 Å². The van der Waals surface area contributed by atoms with Gasteiger partial charge in [0.25, 0.3) is 5.91 Å². The number of hydrogen-bond donors (Lipinski definition) is 1. The summed E-state index contributed by atoms with van der Waals surface area (Å²) in [6.45, 7) is 0. The zero-order valence-corrected chi connectivity index (χ0v) is 13.9. The van der Waals surface area contributed by atoms with Gasteiger partial charge in [0.15, 0.2) is 0 Å². The van der Waals surface area contributed by atoms with Crippen LogP contribution in [0.4, 0.5) is 5.69 Å². The van der Waals surface area contributed by atoms with Crippen LogP contribution in [0.2, 0.25) is 5.02 Å². The molecule has 5 nitrogen and oxygen atoms in total. The highest BCUT2D eigenvalue weighted by Crippen LogP contribution is 2.36. The Morgan fingerprint density at radius 1 is 1.04 bits per heavy atom. The highest BCUT2D eigenvalue weighted by Gasteiger charge is 2.14. The van der Waals surface area contributed by atoms with Crippen molar-refractivity contribution in [1.29, 1.82) is 0 Å². The van der Waals surface area contributed by atoms with Crippen molar-refractivity contribution in [1.82, 2.24) is 4.98 Å². The van der Waals surface area contributed by atoms with Crippen LogP contribution in [0.5, 0.6) is 11.5 Å². The molecule has 122 valence electrons. The molecule has 0 atom stereocenters. The van der Waals surface area contributed by atoms with Crippen molar-refractivity contribution < 1.29 is 14.3 Å². The summed E-state index contributed by atoms with van der Waals surface area (Å²) in [5.74, 6) is 0.570. The van der Waals surface area contributed by atoms with Crippen LogP contribution in [0.25, 0.3) is 10.9 Å². The average Bonchev–Trinajstić information content (AvgIpc) is 2.61. The Balaban J connectivity index is 1.92. The van der Waals surface area contributed by atoms with E-state index in [0.717, 1.165) is 10.9 Å². The summed E-state index contributed by atoms with van der Waals surface area (Å²) in [5, 5.41) is 4.11. The number of carbonyl (C=O) groups excluding carboxylic acids is 1. The Labute approximate surface area is 144 Å². The lowest BCUT2D eigenvalue weighted by Crippen LogP contribution is -2.14. The molecular formula is C18H15ClN2O3. The van der Waals surface area contributed by atoms with Crippen LogP contribution < -0.4 is 14.8 Å². The number of halogens is 1. The third kappa shape index (κ3) is 3.12. The van der Waals surface area contributed by atoms with Crippen LogP contribution in [0.3, 0.4) is 0 Å². The molecule has 24 heavy (non-hydrogen) atoms. The number of nitrogens with one attached hydrogen (secondary N) is 1. The van der Waals surface area contributed by atoms with Crippen LogP contribution in [-0.4, -0.2) is 25.1 Å². The molecule has 0 unspecified atom stereocenters. The fraction of sp³-hybridized carbons (Fsp3) is 0.111. The molecule has 0 fully saturated rings. The first-order valence-electron chi connectivity index (χ1n) is 7.21. The number of para-hydroxylation sites is 1. The average molecular weight is 343 g/mol. The molecule has 3 aromatic rings. The molecule has 1 heterocycles. The van der Waals surface area contributed by atoms with Gasteiger partial charge in [0, 0.05) is 11.5 Å². The lowest BCUT2D eigenvalue weighted by molar-refractivity contribution is 0.102. The zero-order valence-electron chi connectivity index (χ0n) is 13.2. The molecule has 2 aromatic carbocycles. The molecule has 3 rings (SSSR count). The second-order valence-electron chi connectivity index (χ2n) is 5.03. The monoisotopic (exact) mass is 342 g/mol. The van der Waals surface area contributed by atoms with Crippen LogP contribution in [0, 0.1) is 0 Å². The Kier molecular flexibility index (Phi) is 4.53. The highest BCUT2D eigenvalue weighted by molar-refractivity contribution is 6.32. The van der Waals surface area contributed by atoms with Crippen molar-refractivity contribution >= 4 is 34.1 Å². The minimum atomic E-state index is -0.347. The second-order valence-corrected chi connectivity index (χ2v) is 5.44. The van der Waals surface area contributed by atoms with Gasteiger partial charge in [0.1, 0.15) is 17.2 Å². The minimum absolute atomic E-state index is 0.308. The summed E-state index contributed by atoms with van der Waals surface area (Å²) < 4.78 is 10.4. The highest BCUT2D eigenvalue weighted by atomic mass is 35.5. The number of ether oxygens (including phenoxy) is 2. The number of rotatable bonds is 4. The lowest BCUT2D eigenvalue weighted by atomic mass is 10.2. The van der Waals surface area contributed by atoms with Gasteiger partial charge in [-0.05, 0) is 18.2 Å². The van der Waals surface area contributed by atoms with Gasteiger partial charge in [-0.25, -0.2) is 4.98 Å². The normalized spacial score (nSPS) is 10.5. The van der Waals surface area contributed by atoms with Gasteiger partial charge in [-0.15, -0.1) is 0 Å². The number of carbonyl (C=O) groups is 1. The molecule has 1 aromatic heterocycles. The van der Waals surface area contributed by atoms with Crippen LogP contribution >= 0.6 is 11.6 Å². The lowest BCUT2D eigenvalue weighted by Gasteiger charge is -2.13. The van der Waals surface area contributed by atoms with Crippen molar-refractivity contribution in [3.05, 3.63) is 59.2 Å². The molecule has 0 aliphatic carbocycles. The summed E-state index contributed by atoms with van der Waals surface area (Å²) in [5.41, 5.74) is 1.51. The predicted molar refractivity (Wildman–Crippen MR) is 94.3 cm³/mol. The number of anilines is 1. The van der Waals surface area contributed by atoms with E-state index in [1.165, 1.54) is 14.2 Å². The maximum Gasteiger partial charge on any atom is 0.274 e. The number of methoxy groups -OCH3 is 2. The quantitative estimate of drug-likeness (QED) is 0.773. The van der Waals surface area contributed by atoms with Gasteiger partial charge < -0.3 is 14.8 Å². The first-order valence-corrected chi connectivity index (χ1v) is 7.59. The van der Waals surface area contributed by atoms with Crippen molar-refractivity contribution in [2.75, 3.05) is 19.5 Å². The van der Waals surface area contributed by atoms with Crippen molar-refractivity contribution in [3.63, 3.8) is 0 Å². The molecule has 0 radical (unpaired) electrons. The Morgan fingerprint density at radius 2 is 1.79 bits per heavy atom. The maximum atomic E-state index is 12.5. The van der Waals surface area contributed by atoms with Gasteiger partial charge in [-0.1, -0.05) is 35.9 Å². The van der Waals surface area contributed by atoms with Crippen molar-refractivity contribution in [2.45, 2.75) is 0 Å². The summed E-state index contributed by atoms with van der Waals surface area (Å²) in [7, 11) is 3.02. The molecule has 0 aliphatic rings. The van der Waals surface area contributed by atoms with E-state index in [4.69, 9.17) is 21.1 Å². The van der Waals surface area contributed by atoms with E-state index in [-0.39, 0.29) is 5.91 Å². The third-order valence-corrected chi connectivity index (χ3v) is 3.85. The standard InChI is InChI=1S/C18H15ClN2O3/c1-23-16-10-17(24-2)15(9-12(16)19)21-18(22)14-8-7-11-5-3-4-6-13(11)20-14/h3-10H,1-2H3,(H,21,22). The number of pyridine rings is 1.